The zero-order chi connectivity index (χ0) is 16.6. The highest BCUT2D eigenvalue weighted by Crippen LogP contribution is 2.04. The first-order chi connectivity index (χ1) is 10.3. The van der Waals surface area contributed by atoms with Crippen molar-refractivity contribution in [2.75, 3.05) is 25.9 Å². The molecule has 0 aromatic heterocycles. The van der Waals surface area contributed by atoms with Gasteiger partial charge in [-0.1, -0.05) is 43.2 Å². The van der Waals surface area contributed by atoms with Crippen LogP contribution in [-0.2, 0) is 21.2 Å². The molecule has 0 heterocycles. The van der Waals surface area contributed by atoms with E-state index in [9.17, 15) is 13.2 Å². The number of amides is 1. The van der Waals surface area contributed by atoms with Crippen LogP contribution in [0.25, 0.3) is 0 Å². The van der Waals surface area contributed by atoms with E-state index in [1.807, 2.05) is 38.1 Å². The number of unbranched alkanes of at least 4 members (excludes halogenated alkanes) is 1. The molecule has 0 atom stereocenters. The minimum absolute atomic E-state index is 0.0900. The predicted octanol–water partition coefficient (Wildman–Crippen LogP) is 1.72. The molecule has 1 rings (SSSR count). The average molecular weight is 326 g/mol. The van der Waals surface area contributed by atoms with Crippen molar-refractivity contribution in [3.63, 3.8) is 0 Å². The summed E-state index contributed by atoms with van der Waals surface area (Å²) in [5.74, 6) is -0.0900. The van der Waals surface area contributed by atoms with Crippen molar-refractivity contribution in [2.45, 2.75) is 33.1 Å². The predicted molar refractivity (Wildman–Crippen MR) is 89.2 cm³/mol. The van der Waals surface area contributed by atoms with Gasteiger partial charge in [-0.2, -0.15) is 0 Å². The van der Waals surface area contributed by atoms with Gasteiger partial charge in [-0.05, 0) is 18.9 Å². The number of carbonyl (C=O) groups excluding carboxylic acids is 1. The molecule has 0 aliphatic rings. The first-order valence-corrected chi connectivity index (χ1v) is 9.45. The average Bonchev–Trinajstić information content (AvgIpc) is 2.43. The van der Waals surface area contributed by atoms with Gasteiger partial charge in [0.2, 0.25) is 15.9 Å². The molecule has 0 saturated carbocycles. The smallest absolute Gasteiger partial charge is 0.224 e. The first kappa shape index (κ1) is 18.6. The Kier molecular flexibility index (Phi) is 7.55. The minimum Gasteiger partial charge on any atom is -0.354 e. The number of nitrogens with one attached hydrogen (secondary N) is 1. The van der Waals surface area contributed by atoms with Crippen molar-refractivity contribution >= 4 is 15.9 Å². The number of sulfonamides is 1. The minimum atomic E-state index is -3.22. The highest BCUT2D eigenvalue weighted by molar-refractivity contribution is 7.88. The summed E-state index contributed by atoms with van der Waals surface area (Å²) in [6, 6.07) is 7.80. The summed E-state index contributed by atoms with van der Waals surface area (Å²) in [5.41, 5.74) is 2.11. The molecule has 0 fully saturated rings. The number of carbonyl (C=O) groups is 1. The Bertz CT molecular complexity index is 568. The van der Waals surface area contributed by atoms with Crippen LogP contribution in [0.15, 0.2) is 24.3 Å². The number of benzene rings is 1. The van der Waals surface area contributed by atoms with Gasteiger partial charge in [0.25, 0.3) is 0 Å². The van der Waals surface area contributed by atoms with Crippen LogP contribution in [0.3, 0.4) is 0 Å². The molecule has 1 amide bonds. The van der Waals surface area contributed by atoms with E-state index in [2.05, 4.69) is 5.32 Å². The van der Waals surface area contributed by atoms with Gasteiger partial charge in [-0.15, -0.1) is 0 Å². The molecule has 6 heteroatoms. The largest absolute Gasteiger partial charge is 0.354 e. The number of aryl methyl sites for hydroxylation is 1. The molecule has 1 N–H and O–H groups in total. The van der Waals surface area contributed by atoms with E-state index in [1.165, 1.54) is 10.6 Å². The Morgan fingerprint density at radius 3 is 2.36 bits per heavy atom. The fourth-order valence-electron chi connectivity index (χ4n) is 2.05. The van der Waals surface area contributed by atoms with Crippen molar-refractivity contribution in [2.24, 2.45) is 0 Å². The van der Waals surface area contributed by atoms with E-state index in [0.717, 1.165) is 24.0 Å². The molecule has 5 nitrogen and oxygen atoms in total. The van der Waals surface area contributed by atoms with Crippen LogP contribution >= 0.6 is 0 Å². The van der Waals surface area contributed by atoms with E-state index < -0.39 is 10.0 Å². The lowest BCUT2D eigenvalue weighted by atomic mass is 10.1. The highest BCUT2D eigenvalue weighted by Gasteiger charge is 2.15. The molecular weight excluding hydrogens is 300 g/mol. The maximum absolute atomic E-state index is 11.9. The number of hydrogen-bond donors (Lipinski definition) is 1. The van der Waals surface area contributed by atoms with Gasteiger partial charge in [0.15, 0.2) is 0 Å². The summed E-state index contributed by atoms with van der Waals surface area (Å²) < 4.78 is 24.7. The summed E-state index contributed by atoms with van der Waals surface area (Å²) in [5, 5.41) is 2.78. The molecular formula is C16H26N2O3S. The molecule has 0 aliphatic carbocycles. The van der Waals surface area contributed by atoms with E-state index in [0.29, 0.717) is 26.1 Å². The van der Waals surface area contributed by atoms with Crippen LogP contribution in [0, 0.1) is 6.92 Å². The van der Waals surface area contributed by atoms with Crippen LogP contribution in [0.1, 0.15) is 30.9 Å². The summed E-state index contributed by atoms with van der Waals surface area (Å²) in [6.45, 7) is 5.17. The van der Waals surface area contributed by atoms with Crippen molar-refractivity contribution in [3.8, 4) is 0 Å². The van der Waals surface area contributed by atoms with Crippen LogP contribution < -0.4 is 5.32 Å². The standard InChI is InChI=1S/C16H26N2O3S/c1-4-5-11-18(22(3,20)21)12-10-17-16(19)13-15-8-6-14(2)7-9-15/h6-9H,4-5,10-13H2,1-3H3,(H,17,19). The second kappa shape index (κ2) is 8.90. The Labute approximate surface area is 133 Å². The molecule has 124 valence electrons. The maximum Gasteiger partial charge on any atom is 0.224 e. The first-order valence-electron chi connectivity index (χ1n) is 7.60. The number of nitrogens with zero attached hydrogens (tertiary/aromatic N) is 1. The third-order valence-corrected chi connectivity index (χ3v) is 4.70. The van der Waals surface area contributed by atoms with Crippen LogP contribution in [-0.4, -0.2) is 44.5 Å². The van der Waals surface area contributed by atoms with Crippen molar-refractivity contribution in [1.82, 2.24) is 9.62 Å². The van der Waals surface area contributed by atoms with Gasteiger partial charge in [0.1, 0.15) is 0 Å². The monoisotopic (exact) mass is 326 g/mol. The summed E-state index contributed by atoms with van der Waals surface area (Å²) >= 11 is 0. The van der Waals surface area contributed by atoms with Crippen LogP contribution in [0.5, 0.6) is 0 Å². The molecule has 1 aromatic carbocycles. The van der Waals surface area contributed by atoms with E-state index >= 15 is 0 Å². The number of rotatable bonds is 9. The summed E-state index contributed by atoms with van der Waals surface area (Å²) in [4.78, 5) is 11.9. The second-order valence-corrected chi connectivity index (χ2v) is 7.51. The summed E-state index contributed by atoms with van der Waals surface area (Å²) in [6.07, 6.45) is 3.28. The van der Waals surface area contributed by atoms with E-state index in [1.54, 1.807) is 0 Å². The number of hydrogen-bond acceptors (Lipinski definition) is 3. The third-order valence-electron chi connectivity index (χ3n) is 3.40. The molecule has 0 radical (unpaired) electrons. The fourth-order valence-corrected chi connectivity index (χ4v) is 2.94. The van der Waals surface area contributed by atoms with Crippen LogP contribution in [0.2, 0.25) is 0 Å². The fraction of sp³-hybridized carbons (Fsp3) is 0.562. The lowest BCUT2D eigenvalue weighted by Crippen LogP contribution is -2.39. The van der Waals surface area contributed by atoms with Crippen molar-refractivity contribution in [3.05, 3.63) is 35.4 Å². The van der Waals surface area contributed by atoms with Gasteiger partial charge in [0.05, 0.1) is 12.7 Å². The molecule has 0 bridgehead atoms. The molecule has 0 spiro atoms. The Balaban J connectivity index is 2.40. The molecule has 22 heavy (non-hydrogen) atoms. The van der Waals surface area contributed by atoms with Gasteiger partial charge >= 0.3 is 0 Å². The highest BCUT2D eigenvalue weighted by atomic mass is 32.2. The van der Waals surface area contributed by atoms with Crippen molar-refractivity contribution < 1.29 is 13.2 Å². The molecule has 0 unspecified atom stereocenters. The molecule has 0 saturated heterocycles. The summed E-state index contributed by atoms with van der Waals surface area (Å²) in [7, 11) is -3.22. The van der Waals surface area contributed by atoms with Gasteiger partial charge in [-0.3, -0.25) is 4.79 Å². The molecule has 0 aliphatic heterocycles. The van der Waals surface area contributed by atoms with Gasteiger partial charge < -0.3 is 5.32 Å². The Morgan fingerprint density at radius 2 is 1.82 bits per heavy atom. The topological polar surface area (TPSA) is 66.5 Å². The second-order valence-electron chi connectivity index (χ2n) is 5.53. The van der Waals surface area contributed by atoms with Crippen molar-refractivity contribution in [1.29, 1.82) is 0 Å². The van der Waals surface area contributed by atoms with E-state index in [-0.39, 0.29) is 5.91 Å². The lowest BCUT2D eigenvalue weighted by Gasteiger charge is -2.19. The maximum atomic E-state index is 11.9. The SMILES string of the molecule is CCCCN(CCNC(=O)Cc1ccc(C)cc1)S(C)(=O)=O. The normalized spacial score (nSPS) is 11.6. The zero-order valence-corrected chi connectivity index (χ0v) is 14.4. The Hall–Kier alpha value is -1.40. The van der Waals surface area contributed by atoms with Gasteiger partial charge in [-0.25, -0.2) is 12.7 Å². The lowest BCUT2D eigenvalue weighted by molar-refractivity contribution is -0.120. The van der Waals surface area contributed by atoms with Crippen LogP contribution in [0.4, 0.5) is 0 Å². The van der Waals surface area contributed by atoms with E-state index in [4.69, 9.17) is 0 Å². The quantitative estimate of drug-likeness (QED) is 0.751. The Morgan fingerprint density at radius 1 is 1.18 bits per heavy atom. The zero-order valence-electron chi connectivity index (χ0n) is 13.6. The van der Waals surface area contributed by atoms with Gasteiger partial charge in [0, 0.05) is 19.6 Å². The third kappa shape index (κ3) is 7.04. The molecule has 1 aromatic rings.